The summed E-state index contributed by atoms with van der Waals surface area (Å²) >= 11 is -0.826. The van der Waals surface area contributed by atoms with Gasteiger partial charge in [-0.1, -0.05) is 91.2 Å². The van der Waals surface area contributed by atoms with Gasteiger partial charge in [-0.15, -0.1) is 40.1 Å². The van der Waals surface area contributed by atoms with Crippen molar-refractivity contribution in [2.75, 3.05) is 0 Å². The van der Waals surface area contributed by atoms with E-state index in [0.717, 1.165) is 28.8 Å². The van der Waals surface area contributed by atoms with Crippen molar-refractivity contribution in [2.45, 2.75) is 40.0 Å². The average Bonchev–Trinajstić information content (AvgIpc) is 3.54. The molecule has 0 amide bonds. The van der Waals surface area contributed by atoms with Crippen LogP contribution in [0.4, 0.5) is 0 Å². The first-order valence-electron chi connectivity index (χ1n) is 12.8. The third-order valence-electron chi connectivity index (χ3n) is 6.83. The zero-order valence-corrected chi connectivity index (χ0v) is 26.5. The van der Waals surface area contributed by atoms with Crippen LogP contribution < -0.4 is 10.4 Å². The molecule has 0 saturated carbocycles. The van der Waals surface area contributed by atoms with E-state index in [-0.39, 0.29) is 0 Å². The van der Waals surface area contributed by atoms with Crippen LogP contribution in [0.15, 0.2) is 91.0 Å². The molecule has 0 nitrogen and oxygen atoms in total. The molecule has 0 atom stereocenters. The standard InChI is InChI=1S/C21H23.C12H7Si.2ClH.Zr/c1-4-15-13-18-12-11-17(6-3)21(20(18)14-15)19-10-8-7-9-16(19)5-2;1-3-7-11-9(5-1)10-6-2-4-8-12(10)13-11;;;/h7-14H,4-6H2,1-3H3;1-7H;2*1H;/q2*-1;;;+4/p-2. The van der Waals surface area contributed by atoms with Crippen molar-refractivity contribution in [1.29, 1.82) is 0 Å². The van der Waals surface area contributed by atoms with E-state index in [1.54, 1.807) is 0 Å². The second kappa shape index (κ2) is 13.8. The summed E-state index contributed by atoms with van der Waals surface area (Å²) in [4.78, 5) is 0. The molecule has 4 heteroatoms. The second-order valence-electron chi connectivity index (χ2n) is 8.88. The van der Waals surface area contributed by atoms with Crippen molar-refractivity contribution >= 4 is 47.7 Å². The van der Waals surface area contributed by atoms with Gasteiger partial charge in [-0.25, -0.2) is 0 Å². The Hall–Kier alpha value is -1.83. The summed E-state index contributed by atoms with van der Waals surface area (Å²) in [5.41, 5.74) is 9.97. The molecule has 0 bridgehead atoms. The van der Waals surface area contributed by atoms with E-state index in [0.29, 0.717) is 0 Å². The molecule has 2 radical (unpaired) electrons. The van der Waals surface area contributed by atoms with Crippen molar-refractivity contribution in [3.05, 3.63) is 114 Å². The Bertz CT molecular complexity index is 1430. The average molecular weight is 617 g/mol. The third-order valence-corrected chi connectivity index (χ3v) is 8.19. The Labute approximate surface area is 242 Å². The third kappa shape index (κ3) is 6.43. The van der Waals surface area contributed by atoms with Gasteiger partial charge in [0.2, 0.25) is 0 Å². The van der Waals surface area contributed by atoms with Crippen molar-refractivity contribution in [3.63, 3.8) is 0 Å². The molecule has 0 spiro atoms. The Morgan fingerprint density at radius 1 is 0.757 bits per heavy atom. The van der Waals surface area contributed by atoms with Crippen LogP contribution in [0.25, 0.3) is 33.0 Å². The van der Waals surface area contributed by atoms with Crippen molar-refractivity contribution in [2.24, 2.45) is 0 Å². The van der Waals surface area contributed by atoms with Crippen LogP contribution in [0.5, 0.6) is 0 Å². The SMILES string of the molecule is CCc1cc2c(-c3ccccc3CC)c(CC)ccc2[cH-]1.[Cl][Zr+2][Cl].[c-]1cccc2c1[Si]c1ccccc1-2. The molecule has 0 fully saturated rings. The number of hydrogen-bond donors (Lipinski definition) is 0. The maximum absolute atomic E-state index is 4.93. The fourth-order valence-corrected chi connectivity index (χ4v) is 6.31. The molecule has 5 aromatic carbocycles. The van der Waals surface area contributed by atoms with Gasteiger partial charge < -0.3 is 0 Å². The Morgan fingerprint density at radius 2 is 1.43 bits per heavy atom. The van der Waals surface area contributed by atoms with Gasteiger partial charge in [0, 0.05) is 0 Å². The summed E-state index contributed by atoms with van der Waals surface area (Å²) in [6, 6.07) is 36.3. The summed E-state index contributed by atoms with van der Waals surface area (Å²) in [6.45, 7) is 6.73. The zero-order valence-electron chi connectivity index (χ0n) is 21.5. The predicted octanol–water partition coefficient (Wildman–Crippen LogP) is 8.41. The van der Waals surface area contributed by atoms with Gasteiger partial charge in [-0.3, -0.25) is 0 Å². The van der Waals surface area contributed by atoms with Gasteiger partial charge in [-0.2, -0.15) is 35.5 Å². The molecule has 0 unspecified atom stereocenters. The first-order valence-corrected chi connectivity index (χ1v) is 20.1. The number of rotatable bonds is 4. The van der Waals surface area contributed by atoms with Crippen LogP contribution in [0.2, 0.25) is 0 Å². The number of halogens is 2. The van der Waals surface area contributed by atoms with Gasteiger partial charge in [0.15, 0.2) is 0 Å². The van der Waals surface area contributed by atoms with Gasteiger partial charge >= 0.3 is 37.9 Å². The van der Waals surface area contributed by atoms with E-state index in [1.807, 2.05) is 6.07 Å². The summed E-state index contributed by atoms with van der Waals surface area (Å²) < 4.78 is 0. The van der Waals surface area contributed by atoms with E-state index in [1.165, 1.54) is 60.1 Å². The molecule has 37 heavy (non-hydrogen) atoms. The van der Waals surface area contributed by atoms with Crippen LogP contribution >= 0.6 is 17.0 Å². The van der Waals surface area contributed by atoms with Crippen molar-refractivity contribution in [1.82, 2.24) is 0 Å². The van der Waals surface area contributed by atoms with E-state index in [4.69, 9.17) is 17.0 Å². The monoisotopic (exact) mass is 614 g/mol. The summed E-state index contributed by atoms with van der Waals surface area (Å²) in [5, 5.41) is 5.63. The molecule has 1 aliphatic rings. The minimum absolute atomic E-state index is 0.795. The maximum Gasteiger partial charge on any atom is 0.0920 e. The molecule has 0 aliphatic carbocycles. The summed E-state index contributed by atoms with van der Waals surface area (Å²) in [5.74, 6) is 0. The summed E-state index contributed by atoms with van der Waals surface area (Å²) in [6.07, 6.45) is 3.26. The van der Waals surface area contributed by atoms with E-state index < -0.39 is 20.8 Å². The van der Waals surface area contributed by atoms with E-state index in [2.05, 4.69) is 112 Å². The van der Waals surface area contributed by atoms with Gasteiger partial charge in [-0.05, 0) is 30.4 Å². The molecule has 6 rings (SSSR count). The van der Waals surface area contributed by atoms with Gasteiger partial charge in [0.25, 0.3) is 0 Å². The van der Waals surface area contributed by atoms with Crippen LogP contribution in [-0.2, 0) is 40.1 Å². The van der Waals surface area contributed by atoms with Crippen molar-refractivity contribution in [3.8, 4) is 22.3 Å². The largest absolute Gasteiger partial charge is 0.184 e. The number of benzene rings is 4. The fourth-order valence-electron chi connectivity index (χ4n) is 5.00. The predicted molar refractivity (Wildman–Crippen MR) is 161 cm³/mol. The first kappa shape index (κ1) is 28.2. The molecule has 184 valence electrons. The molecular weight excluding hydrogens is 587 g/mol. The Morgan fingerprint density at radius 3 is 2.16 bits per heavy atom. The minimum atomic E-state index is -0.826. The van der Waals surface area contributed by atoms with E-state index >= 15 is 0 Å². The Kier molecular flexibility index (Phi) is 10.5. The molecule has 0 saturated heterocycles. The Balaban J connectivity index is 0.000000170. The number of fused-ring (bicyclic) bond motifs is 4. The number of hydrogen-bond acceptors (Lipinski definition) is 0. The van der Waals surface area contributed by atoms with Gasteiger partial charge in [0.05, 0.1) is 9.52 Å². The normalized spacial score (nSPS) is 10.9. The zero-order chi connectivity index (χ0) is 26.2. The molecule has 1 heterocycles. The smallest absolute Gasteiger partial charge is 0.0920 e. The fraction of sp³-hybridized carbons (Fsp3) is 0.182. The minimum Gasteiger partial charge on any atom is -0.184 e. The first-order chi connectivity index (χ1) is 18.1. The van der Waals surface area contributed by atoms with Gasteiger partial charge in [0.1, 0.15) is 0 Å². The molecule has 1 aliphatic heterocycles. The summed E-state index contributed by atoms with van der Waals surface area (Å²) in [7, 11) is 10.7. The van der Waals surface area contributed by atoms with Crippen LogP contribution in [0, 0.1) is 6.07 Å². The maximum atomic E-state index is 4.93. The van der Waals surface area contributed by atoms with E-state index in [9.17, 15) is 0 Å². The quantitative estimate of drug-likeness (QED) is 0.138. The molecule has 0 aromatic heterocycles. The topological polar surface area (TPSA) is 0 Å². The molecular formula is C33H30Cl2SiZr. The van der Waals surface area contributed by atoms with Crippen LogP contribution in [0.1, 0.15) is 37.5 Å². The van der Waals surface area contributed by atoms with Crippen molar-refractivity contribution < 1.29 is 20.8 Å². The molecule has 0 N–H and O–H groups in total. The molecule has 5 aromatic rings. The second-order valence-corrected chi connectivity index (χ2v) is 13.9. The van der Waals surface area contributed by atoms with Crippen LogP contribution in [0.3, 0.4) is 0 Å². The number of aryl methyl sites for hydroxylation is 3. The van der Waals surface area contributed by atoms with Crippen LogP contribution in [-0.4, -0.2) is 9.52 Å².